The SMILES string of the molecule is Cc1ccc(C(C)NC(=O)/C(=C/c2cccs2)NC(=O)c2ccccc2)cc1C. The van der Waals surface area contributed by atoms with Gasteiger partial charge in [0, 0.05) is 10.4 Å². The lowest BCUT2D eigenvalue weighted by Crippen LogP contribution is -2.36. The van der Waals surface area contributed by atoms with Crippen LogP contribution < -0.4 is 10.6 Å². The maximum atomic E-state index is 13.0. The van der Waals surface area contributed by atoms with Gasteiger partial charge in [0.2, 0.25) is 0 Å². The van der Waals surface area contributed by atoms with Gasteiger partial charge in [-0.2, -0.15) is 0 Å². The zero-order valence-corrected chi connectivity index (χ0v) is 17.5. The largest absolute Gasteiger partial charge is 0.344 e. The minimum atomic E-state index is -0.326. The Labute approximate surface area is 175 Å². The topological polar surface area (TPSA) is 58.2 Å². The lowest BCUT2D eigenvalue weighted by Gasteiger charge is -2.17. The van der Waals surface area contributed by atoms with Gasteiger partial charge < -0.3 is 10.6 Å². The van der Waals surface area contributed by atoms with E-state index in [4.69, 9.17) is 0 Å². The summed E-state index contributed by atoms with van der Waals surface area (Å²) in [5.74, 6) is -0.643. The number of rotatable bonds is 6. The molecule has 0 aliphatic rings. The lowest BCUT2D eigenvalue weighted by molar-refractivity contribution is -0.118. The van der Waals surface area contributed by atoms with Gasteiger partial charge in [-0.05, 0) is 67.1 Å². The predicted octanol–water partition coefficient (Wildman–Crippen LogP) is 5.01. The van der Waals surface area contributed by atoms with Crippen molar-refractivity contribution in [3.8, 4) is 0 Å². The van der Waals surface area contributed by atoms with E-state index < -0.39 is 0 Å². The molecule has 1 aromatic heterocycles. The van der Waals surface area contributed by atoms with Crippen LogP contribution in [0.1, 0.15) is 44.9 Å². The zero-order chi connectivity index (χ0) is 20.8. The highest BCUT2D eigenvalue weighted by Gasteiger charge is 2.17. The summed E-state index contributed by atoms with van der Waals surface area (Å²) in [7, 11) is 0. The predicted molar refractivity (Wildman–Crippen MR) is 119 cm³/mol. The molecule has 0 bridgehead atoms. The summed E-state index contributed by atoms with van der Waals surface area (Å²) in [5, 5.41) is 7.69. The van der Waals surface area contributed by atoms with E-state index in [0.717, 1.165) is 10.4 Å². The van der Waals surface area contributed by atoms with Crippen LogP contribution in [0.15, 0.2) is 71.7 Å². The van der Waals surface area contributed by atoms with Gasteiger partial charge in [0.05, 0.1) is 6.04 Å². The molecular formula is C24H24N2O2S. The van der Waals surface area contributed by atoms with Gasteiger partial charge >= 0.3 is 0 Å². The van der Waals surface area contributed by atoms with Crippen molar-refractivity contribution in [1.82, 2.24) is 10.6 Å². The number of aryl methyl sites for hydroxylation is 2. The number of benzene rings is 2. The van der Waals surface area contributed by atoms with Crippen LogP contribution in [0.5, 0.6) is 0 Å². The standard InChI is InChI=1S/C24H24N2O2S/c1-16-11-12-20(14-17(16)2)18(3)25-24(28)22(15-21-10-7-13-29-21)26-23(27)19-8-5-4-6-9-19/h4-15,18H,1-3H3,(H,25,28)(H,26,27)/b22-15-. The molecule has 1 unspecified atom stereocenters. The fraction of sp³-hybridized carbons (Fsp3) is 0.167. The molecule has 2 aromatic carbocycles. The van der Waals surface area contributed by atoms with Crippen molar-refractivity contribution in [2.75, 3.05) is 0 Å². The van der Waals surface area contributed by atoms with E-state index in [1.807, 2.05) is 42.6 Å². The molecule has 0 radical (unpaired) electrons. The first-order valence-electron chi connectivity index (χ1n) is 9.43. The first-order valence-corrected chi connectivity index (χ1v) is 10.3. The van der Waals surface area contributed by atoms with Crippen LogP contribution in [-0.4, -0.2) is 11.8 Å². The molecule has 3 aromatic rings. The summed E-state index contributed by atoms with van der Waals surface area (Å²) in [5.41, 5.74) is 4.12. The minimum absolute atomic E-state index is 0.192. The van der Waals surface area contributed by atoms with E-state index in [2.05, 4.69) is 30.5 Å². The molecule has 3 rings (SSSR count). The van der Waals surface area contributed by atoms with E-state index in [9.17, 15) is 9.59 Å². The highest BCUT2D eigenvalue weighted by Crippen LogP contribution is 2.18. The monoisotopic (exact) mass is 404 g/mol. The van der Waals surface area contributed by atoms with Gasteiger partial charge in [-0.3, -0.25) is 9.59 Å². The molecule has 2 N–H and O–H groups in total. The Kier molecular flexibility index (Phi) is 6.62. The second kappa shape index (κ2) is 9.34. The molecular weight excluding hydrogens is 380 g/mol. The highest BCUT2D eigenvalue weighted by atomic mass is 32.1. The van der Waals surface area contributed by atoms with Crippen LogP contribution in [0.25, 0.3) is 6.08 Å². The Hall–Kier alpha value is -3.18. The summed E-state index contributed by atoms with van der Waals surface area (Å²) in [6.45, 7) is 6.04. The molecule has 0 spiro atoms. The number of carbonyl (C=O) groups is 2. The third-order valence-corrected chi connectivity index (χ3v) is 5.56. The van der Waals surface area contributed by atoms with E-state index in [1.54, 1.807) is 30.3 Å². The van der Waals surface area contributed by atoms with E-state index in [-0.39, 0.29) is 23.6 Å². The number of hydrogen-bond donors (Lipinski definition) is 2. The van der Waals surface area contributed by atoms with Crippen molar-refractivity contribution in [1.29, 1.82) is 0 Å². The van der Waals surface area contributed by atoms with Crippen molar-refractivity contribution in [3.05, 3.63) is 98.9 Å². The third kappa shape index (κ3) is 5.42. The van der Waals surface area contributed by atoms with Gasteiger partial charge in [0.15, 0.2) is 0 Å². The Balaban J connectivity index is 1.80. The molecule has 0 saturated carbocycles. The summed E-state index contributed by atoms with van der Waals surface area (Å²) in [6.07, 6.45) is 1.70. The van der Waals surface area contributed by atoms with Gasteiger partial charge in [-0.25, -0.2) is 0 Å². The lowest BCUT2D eigenvalue weighted by atomic mass is 10.0. The highest BCUT2D eigenvalue weighted by molar-refractivity contribution is 7.10. The van der Waals surface area contributed by atoms with Crippen molar-refractivity contribution in [3.63, 3.8) is 0 Å². The van der Waals surface area contributed by atoms with Crippen LogP contribution in [0.4, 0.5) is 0 Å². The fourth-order valence-electron chi connectivity index (χ4n) is 2.85. The van der Waals surface area contributed by atoms with Crippen molar-refractivity contribution >= 4 is 29.2 Å². The van der Waals surface area contributed by atoms with Gasteiger partial charge in [-0.15, -0.1) is 11.3 Å². The summed E-state index contributed by atoms with van der Waals surface area (Å²) >= 11 is 1.50. The zero-order valence-electron chi connectivity index (χ0n) is 16.7. The first-order chi connectivity index (χ1) is 13.9. The van der Waals surface area contributed by atoms with Crippen molar-refractivity contribution < 1.29 is 9.59 Å². The molecule has 0 aliphatic carbocycles. The molecule has 2 amide bonds. The molecule has 1 atom stereocenters. The molecule has 5 heteroatoms. The molecule has 0 fully saturated rings. The van der Waals surface area contributed by atoms with Crippen molar-refractivity contribution in [2.24, 2.45) is 0 Å². The fourth-order valence-corrected chi connectivity index (χ4v) is 3.51. The number of thiophene rings is 1. The van der Waals surface area contributed by atoms with E-state index in [0.29, 0.717) is 5.56 Å². The van der Waals surface area contributed by atoms with Crippen LogP contribution in [0.3, 0.4) is 0 Å². The summed E-state index contributed by atoms with van der Waals surface area (Å²) in [4.78, 5) is 26.5. The molecule has 1 heterocycles. The van der Waals surface area contributed by atoms with Crippen LogP contribution >= 0.6 is 11.3 Å². The second-order valence-corrected chi connectivity index (χ2v) is 7.91. The maximum absolute atomic E-state index is 13.0. The molecule has 29 heavy (non-hydrogen) atoms. The van der Waals surface area contributed by atoms with E-state index in [1.165, 1.54) is 22.5 Å². The normalized spacial score (nSPS) is 12.3. The first kappa shape index (κ1) is 20.6. The molecule has 148 valence electrons. The molecule has 0 saturated heterocycles. The Morgan fingerprint density at radius 1 is 0.966 bits per heavy atom. The van der Waals surface area contributed by atoms with Crippen molar-refractivity contribution in [2.45, 2.75) is 26.8 Å². The molecule has 0 aliphatic heterocycles. The van der Waals surface area contributed by atoms with E-state index >= 15 is 0 Å². The van der Waals surface area contributed by atoms with Crippen LogP contribution in [0, 0.1) is 13.8 Å². The van der Waals surface area contributed by atoms with Gasteiger partial charge in [0.1, 0.15) is 5.70 Å². The van der Waals surface area contributed by atoms with Crippen LogP contribution in [-0.2, 0) is 4.79 Å². The quantitative estimate of drug-likeness (QED) is 0.567. The third-order valence-electron chi connectivity index (χ3n) is 4.74. The maximum Gasteiger partial charge on any atom is 0.268 e. The number of carbonyl (C=O) groups excluding carboxylic acids is 2. The van der Waals surface area contributed by atoms with Gasteiger partial charge in [0.25, 0.3) is 11.8 Å². The average Bonchev–Trinajstić information content (AvgIpc) is 3.23. The second-order valence-electron chi connectivity index (χ2n) is 6.93. The van der Waals surface area contributed by atoms with Crippen LogP contribution in [0.2, 0.25) is 0 Å². The number of amides is 2. The Morgan fingerprint density at radius 2 is 1.72 bits per heavy atom. The number of nitrogens with one attached hydrogen (secondary N) is 2. The average molecular weight is 405 g/mol. The summed E-state index contributed by atoms with van der Waals surface area (Å²) in [6, 6.07) is 18.6. The summed E-state index contributed by atoms with van der Waals surface area (Å²) < 4.78 is 0. The smallest absolute Gasteiger partial charge is 0.268 e. The molecule has 4 nitrogen and oxygen atoms in total. The minimum Gasteiger partial charge on any atom is -0.344 e. The Morgan fingerprint density at radius 3 is 2.38 bits per heavy atom. The Bertz CT molecular complexity index is 1020. The number of hydrogen-bond acceptors (Lipinski definition) is 3. The van der Waals surface area contributed by atoms with Gasteiger partial charge in [-0.1, -0.05) is 42.5 Å².